The lowest BCUT2D eigenvalue weighted by molar-refractivity contribution is 0.689. The first-order valence-corrected chi connectivity index (χ1v) is 11.3. The molecule has 3 rings (SSSR count). The highest BCUT2D eigenvalue weighted by Crippen LogP contribution is 2.44. The smallest absolute Gasteiger partial charge is 0.147 e. The zero-order valence-corrected chi connectivity index (χ0v) is 15.1. The summed E-state index contributed by atoms with van der Waals surface area (Å²) in [7, 11) is -1.49. The van der Waals surface area contributed by atoms with E-state index in [1.54, 1.807) is 0 Å². The highest BCUT2D eigenvalue weighted by Gasteiger charge is 2.38. The Morgan fingerprint density at radius 3 is 1.13 bits per heavy atom. The van der Waals surface area contributed by atoms with Crippen molar-refractivity contribution in [2.75, 3.05) is 0 Å². The molecule has 0 N–H and O–H groups in total. The van der Waals surface area contributed by atoms with E-state index >= 15 is 0 Å². The Hall–Kier alpha value is -1.54. The maximum absolute atomic E-state index is 6.38. The molecule has 0 saturated heterocycles. The van der Waals surface area contributed by atoms with Crippen LogP contribution in [0.5, 0.6) is 0 Å². The van der Waals surface area contributed by atoms with Crippen molar-refractivity contribution < 1.29 is 0 Å². The van der Waals surface area contributed by atoms with Gasteiger partial charge in [-0.3, -0.25) is 0 Å². The van der Waals surface area contributed by atoms with Gasteiger partial charge < -0.3 is 0 Å². The van der Waals surface area contributed by atoms with Gasteiger partial charge in [-0.25, -0.2) is 0 Å². The Bertz CT molecular complexity index is 631. The van der Waals surface area contributed by atoms with Crippen LogP contribution in [0.2, 0.25) is 6.04 Å². The summed E-state index contributed by atoms with van der Waals surface area (Å²) >= 11 is 12.8. The minimum atomic E-state index is -1.49. The molecule has 0 unspecified atom stereocenters. The molecule has 0 aliphatic carbocycles. The molecule has 0 atom stereocenters. The molecule has 3 heteroatoms. The second kappa shape index (κ2) is 7.35. The monoisotopic (exact) mass is 355 g/mol. The maximum Gasteiger partial charge on any atom is 0.275 e. The molecule has 0 aliphatic heterocycles. The Morgan fingerprint density at radius 1 is 0.565 bits per heavy atom. The molecule has 3 aromatic rings. The van der Waals surface area contributed by atoms with Crippen molar-refractivity contribution in [1.82, 2.24) is 0 Å². The average Bonchev–Trinajstić information content (AvgIpc) is 2.62. The molecule has 23 heavy (non-hydrogen) atoms. The topological polar surface area (TPSA) is 0 Å². The van der Waals surface area contributed by atoms with Crippen molar-refractivity contribution in [3.63, 3.8) is 0 Å². The summed E-state index contributed by atoms with van der Waals surface area (Å²) in [4.78, 5) is 0. The molecule has 3 aromatic carbocycles. The Balaban J connectivity index is 2.30. The molecular formula is C20H17Cl2Si. The Morgan fingerprint density at radius 2 is 0.870 bits per heavy atom. The van der Waals surface area contributed by atoms with Crippen molar-refractivity contribution in [2.24, 2.45) is 0 Å². The van der Waals surface area contributed by atoms with Gasteiger partial charge in [-0.2, -0.15) is 0 Å². The second-order valence-electron chi connectivity index (χ2n) is 5.52. The van der Waals surface area contributed by atoms with Crippen molar-refractivity contribution >= 4 is 29.6 Å². The summed E-state index contributed by atoms with van der Waals surface area (Å²) in [6.45, 7) is 0. The Kier molecular flexibility index (Phi) is 5.22. The van der Waals surface area contributed by atoms with Gasteiger partial charge in [-0.1, -0.05) is 91.0 Å². The summed E-state index contributed by atoms with van der Waals surface area (Å²) in [5, 5.41) is 0. The van der Waals surface area contributed by atoms with Crippen LogP contribution >= 0.6 is 22.2 Å². The molecule has 0 fully saturated rings. The number of halogens is 2. The molecule has 0 aliphatic rings. The molecule has 115 valence electrons. The van der Waals surface area contributed by atoms with Crippen LogP contribution in [-0.2, 0) is 5.41 Å². The predicted octanol–water partition coefficient (Wildman–Crippen LogP) is 5.99. The van der Waals surface area contributed by atoms with Crippen LogP contribution in [0.25, 0.3) is 0 Å². The van der Waals surface area contributed by atoms with Crippen molar-refractivity contribution in [3.8, 4) is 0 Å². The minimum Gasteiger partial charge on any atom is -0.147 e. The summed E-state index contributed by atoms with van der Waals surface area (Å²) < 4.78 is 0. The lowest BCUT2D eigenvalue weighted by Crippen LogP contribution is -2.31. The molecule has 1 radical (unpaired) electrons. The van der Waals surface area contributed by atoms with E-state index in [4.69, 9.17) is 22.2 Å². The van der Waals surface area contributed by atoms with E-state index in [9.17, 15) is 0 Å². The SMILES string of the molecule is Cl[Si](Cl)CC(c1ccccc1)(c1ccccc1)c1ccccc1. The van der Waals surface area contributed by atoms with Gasteiger partial charge in [0.15, 0.2) is 0 Å². The normalized spacial score (nSPS) is 11.6. The van der Waals surface area contributed by atoms with Gasteiger partial charge in [0.2, 0.25) is 0 Å². The van der Waals surface area contributed by atoms with Crippen molar-refractivity contribution in [2.45, 2.75) is 11.5 Å². The highest BCUT2D eigenvalue weighted by atomic mass is 35.7. The third-order valence-corrected chi connectivity index (χ3v) is 5.80. The van der Waals surface area contributed by atoms with Crippen molar-refractivity contribution in [3.05, 3.63) is 108 Å². The van der Waals surface area contributed by atoms with Gasteiger partial charge in [0.05, 0.1) is 0 Å². The van der Waals surface area contributed by atoms with Crippen LogP contribution in [-0.4, -0.2) is 7.42 Å². The van der Waals surface area contributed by atoms with Crippen LogP contribution in [0.4, 0.5) is 0 Å². The van der Waals surface area contributed by atoms with E-state index in [1.807, 2.05) is 18.2 Å². The maximum atomic E-state index is 6.38. The van der Waals surface area contributed by atoms with Crippen LogP contribution < -0.4 is 0 Å². The lowest BCUT2D eigenvalue weighted by atomic mass is 9.71. The lowest BCUT2D eigenvalue weighted by Gasteiger charge is -2.36. The third kappa shape index (κ3) is 3.37. The molecule has 0 nitrogen and oxygen atoms in total. The fourth-order valence-electron chi connectivity index (χ4n) is 3.17. The van der Waals surface area contributed by atoms with E-state index in [0.717, 1.165) is 6.04 Å². The zero-order chi connectivity index (χ0) is 16.1. The average molecular weight is 356 g/mol. The van der Waals surface area contributed by atoms with Gasteiger partial charge in [0.25, 0.3) is 7.42 Å². The fraction of sp³-hybridized carbons (Fsp3) is 0.100. The van der Waals surface area contributed by atoms with Crippen molar-refractivity contribution in [1.29, 1.82) is 0 Å². The van der Waals surface area contributed by atoms with E-state index in [0.29, 0.717) is 0 Å². The molecular weight excluding hydrogens is 339 g/mol. The number of hydrogen-bond acceptors (Lipinski definition) is 0. The fourth-order valence-corrected chi connectivity index (χ4v) is 5.39. The standard InChI is InChI=1S/C20H17Cl2Si/c21-23(22)16-20(17-10-4-1-5-11-17,18-12-6-2-7-13-18)19-14-8-3-9-15-19/h1-15H,16H2. The first kappa shape index (κ1) is 16.3. The van der Waals surface area contributed by atoms with Gasteiger partial charge in [0, 0.05) is 5.41 Å². The summed E-state index contributed by atoms with van der Waals surface area (Å²) in [6.07, 6.45) is 0. The van der Waals surface area contributed by atoms with E-state index < -0.39 is 7.42 Å². The molecule has 0 spiro atoms. The van der Waals surface area contributed by atoms with Gasteiger partial charge in [0.1, 0.15) is 0 Å². The molecule has 0 saturated carbocycles. The molecule has 0 heterocycles. The van der Waals surface area contributed by atoms with Crippen LogP contribution in [0.1, 0.15) is 16.7 Å². The van der Waals surface area contributed by atoms with Gasteiger partial charge in [-0.15, -0.1) is 22.2 Å². The number of rotatable bonds is 5. The Labute approximate surface area is 148 Å². The first-order valence-electron chi connectivity index (χ1n) is 7.57. The van der Waals surface area contributed by atoms with Crippen LogP contribution in [0.15, 0.2) is 91.0 Å². The molecule has 0 bridgehead atoms. The van der Waals surface area contributed by atoms with Crippen LogP contribution in [0.3, 0.4) is 0 Å². The minimum absolute atomic E-state index is 0.318. The molecule has 0 amide bonds. The highest BCUT2D eigenvalue weighted by molar-refractivity contribution is 7.33. The largest absolute Gasteiger partial charge is 0.275 e. The number of benzene rings is 3. The predicted molar refractivity (Wildman–Crippen MR) is 101 cm³/mol. The quantitative estimate of drug-likeness (QED) is 0.299. The first-order chi connectivity index (χ1) is 11.2. The summed E-state index contributed by atoms with van der Waals surface area (Å²) in [6, 6.07) is 32.3. The van der Waals surface area contributed by atoms with E-state index in [-0.39, 0.29) is 5.41 Å². The second-order valence-corrected chi connectivity index (χ2v) is 9.87. The van der Waals surface area contributed by atoms with E-state index in [2.05, 4.69) is 72.8 Å². The summed E-state index contributed by atoms with van der Waals surface area (Å²) in [5.74, 6) is 0. The zero-order valence-electron chi connectivity index (χ0n) is 12.6. The van der Waals surface area contributed by atoms with Crippen LogP contribution in [0, 0.1) is 0 Å². The number of hydrogen-bond donors (Lipinski definition) is 0. The van der Waals surface area contributed by atoms with Gasteiger partial charge in [-0.05, 0) is 22.7 Å². The molecule has 0 aromatic heterocycles. The van der Waals surface area contributed by atoms with E-state index in [1.165, 1.54) is 16.7 Å². The third-order valence-electron chi connectivity index (χ3n) is 4.20. The summed E-state index contributed by atoms with van der Waals surface area (Å²) in [5.41, 5.74) is 3.35. The van der Waals surface area contributed by atoms with Gasteiger partial charge >= 0.3 is 0 Å².